The molecular weight excluding hydrogens is 186 g/mol. The number of hydrogen-bond donors (Lipinski definition) is 3. The average molecular weight is 201 g/mol. The smallest absolute Gasteiger partial charge is 0.245 e. The highest BCUT2D eigenvalue weighted by molar-refractivity contribution is 5.76. The summed E-state index contributed by atoms with van der Waals surface area (Å²) in [5.41, 5.74) is 7.31. The Morgan fingerprint density at radius 3 is 2.71 bits per heavy atom. The van der Waals surface area contributed by atoms with Gasteiger partial charge in [0.2, 0.25) is 11.8 Å². The maximum atomic E-state index is 11.1. The Hall–Kier alpha value is -1.14. The molecule has 1 rings (SSSR count). The summed E-state index contributed by atoms with van der Waals surface area (Å²) in [6.45, 7) is 0.204. The Labute approximate surface area is 82.1 Å². The molecule has 2 amide bonds. The molecule has 0 aromatic carbocycles. The van der Waals surface area contributed by atoms with E-state index in [4.69, 9.17) is 5.73 Å². The predicted molar refractivity (Wildman–Crippen MR) is 48.9 cm³/mol. The molecule has 6 heteroatoms. The lowest BCUT2D eigenvalue weighted by Crippen LogP contribution is -2.30. The van der Waals surface area contributed by atoms with Crippen LogP contribution in [-0.4, -0.2) is 31.0 Å². The molecule has 1 aliphatic rings. The van der Waals surface area contributed by atoms with Gasteiger partial charge in [-0.15, -0.1) is 0 Å². The van der Waals surface area contributed by atoms with Crippen LogP contribution in [-0.2, 0) is 14.4 Å². The maximum absolute atomic E-state index is 11.1. The van der Waals surface area contributed by atoms with Crippen LogP contribution in [0.5, 0.6) is 0 Å². The lowest BCUT2D eigenvalue weighted by atomic mass is 10.4. The van der Waals surface area contributed by atoms with Gasteiger partial charge >= 0.3 is 0 Å². The zero-order valence-corrected chi connectivity index (χ0v) is 7.91. The molecule has 80 valence electrons. The van der Waals surface area contributed by atoms with Crippen molar-refractivity contribution >= 4 is 11.8 Å². The molecule has 1 saturated carbocycles. The predicted octanol–water partition coefficient (Wildman–Crippen LogP) is -1.34. The van der Waals surface area contributed by atoms with Gasteiger partial charge in [0, 0.05) is 19.0 Å². The molecule has 1 fully saturated rings. The number of nitrogens with two attached hydrogens (primary N) is 1. The topological polar surface area (TPSA) is 93.5 Å². The molecule has 0 aliphatic heterocycles. The fourth-order valence-corrected chi connectivity index (χ4v) is 0.886. The number of primary amides is 1. The van der Waals surface area contributed by atoms with Gasteiger partial charge < -0.3 is 11.1 Å². The minimum atomic E-state index is -0.542. The fraction of sp³-hybridized carbons (Fsp3) is 0.750. The van der Waals surface area contributed by atoms with Gasteiger partial charge in [0.25, 0.3) is 0 Å². The monoisotopic (exact) mass is 201 g/mol. The second-order valence-corrected chi connectivity index (χ2v) is 3.24. The van der Waals surface area contributed by atoms with E-state index < -0.39 is 5.91 Å². The van der Waals surface area contributed by atoms with Crippen LogP contribution in [0.4, 0.5) is 0 Å². The summed E-state index contributed by atoms with van der Waals surface area (Å²) < 4.78 is 0. The third-order valence-electron chi connectivity index (χ3n) is 1.71. The Kier molecular flexibility index (Phi) is 4.34. The van der Waals surface area contributed by atoms with Gasteiger partial charge in [-0.05, 0) is 12.8 Å². The SMILES string of the molecule is NC(=O)CONCCC(=O)NC1CC1. The first kappa shape index (κ1) is 10.9. The summed E-state index contributed by atoms with van der Waals surface area (Å²) >= 11 is 0. The highest BCUT2D eigenvalue weighted by Gasteiger charge is 2.22. The zero-order chi connectivity index (χ0) is 10.4. The van der Waals surface area contributed by atoms with E-state index in [0.29, 0.717) is 19.0 Å². The van der Waals surface area contributed by atoms with Crippen molar-refractivity contribution in [1.29, 1.82) is 0 Å². The van der Waals surface area contributed by atoms with E-state index >= 15 is 0 Å². The van der Waals surface area contributed by atoms with Crippen LogP contribution in [0, 0.1) is 0 Å². The minimum Gasteiger partial charge on any atom is -0.368 e. The zero-order valence-electron chi connectivity index (χ0n) is 7.91. The summed E-state index contributed by atoms with van der Waals surface area (Å²) in [6.07, 6.45) is 2.50. The molecule has 1 aliphatic carbocycles. The molecule has 0 heterocycles. The van der Waals surface area contributed by atoms with Crippen molar-refractivity contribution in [3.05, 3.63) is 0 Å². The minimum absolute atomic E-state index is 0.00248. The molecular formula is C8H15N3O3. The fourth-order valence-electron chi connectivity index (χ4n) is 0.886. The van der Waals surface area contributed by atoms with E-state index in [1.165, 1.54) is 0 Å². The van der Waals surface area contributed by atoms with Crippen molar-refractivity contribution in [2.24, 2.45) is 5.73 Å². The first-order chi connectivity index (χ1) is 6.68. The number of hydroxylamine groups is 1. The van der Waals surface area contributed by atoms with Crippen LogP contribution < -0.4 is 16.5 Å². The van der Waals surface area contributed by atoms with Gasteiger partial charge in [0.05, 0.1) is 0 Å². The van der Waals surface area contributed by atoms with E-state index in [9.17, 15) is 9.59 Å². The van der Waals surface area contributed by atoms with Gasteiger partial charge in [-0.3, -0.25) is 14.4 Å². The highest BCUT2D eigenvalue weighted by atomic mass is 16.6. The van der Waals surface area contributed by atoms with Crippen LogP contribution >= 0.6 is 0 Å². The number of amides is 2. The summed E-state index contributed by atoms with van der Waals surface area (Å²) in [4.78, 5) is 26.0. The largest absolute Gasteiger partial charge is 0.368 e. The van der Waals surface area contributed by atoms with Crippen molar-refractivity contribution in [2.75, 3.05) is 13.2 Å². The lowest BCUT2D eigenvalue weighted by Gasteiger charge is -2.04. The van der Waals surface area contributed by atoms with Crippen molar-refractivity contribution in [2.45, 2.75) is 25.3 Å². The first-order valence-corrected chi connectivity index (χ1v) is 4.61. The molecule has 4 N–H and O–H groups in total. The third kappa shape index (κ3) is 5.50. The van der Waals surface area contributed by atoms with E-state index in [1.807, 2.05) is 0 Å². The van der Waals surface area contributed by atoms with Crippen molar-refractivity contribution in [3.8, 4) is 0 Å². The Morgan fingerprint density at radius 2 is 2.14 bits per heavy atom. The molecule has 0 spiro atoms. The van der Waals surface area contributed by atoms with E-state index in [-0.39, 0.29) is 12.5 Å². The molecule has 0 saturated heterocycles. The van der Waals surface area contributed by atoms with E-state index in [2.05, 4.69) is 15.6 Å². The third-order valence-corrected chi connectivity index (χ3v) is 1.71. The second-order valence-electron chi connectivity index (χ2n) is 3.24. The summed E-state index contributed by atoms with van der Waals surface area (Å²) in [6, 6.07) is 0.383. The number of carbonyl (C=O) groups excluding carboxylic acids is 2. The molecule has 0 aromatic heterocycles. The van der Waals surface area contributed by atoms with Crippen LogP contribution in [0.1, 0.15) is 19.3 Å². The standard InChI is InChI=1S/C8H15N3O3/c9-7(12)5-14-10-4-3-8(13)11-6-1-2-6/h6,10H,1-5H2,(H2,9,12)(H,11,13). The van der Waals surface area contributed by atoms with Crippen molar-refractivity contribution in [1.82, 2.24) is 10.8 Å². The van der Waals surface area contributed by atoms with Gasteiger partial charge in [-0.1, -0.05) is 0 Å². The van der Waals surface area contributed by atoms with Crippen LogP contribution in [0.3, 0.4) is 0 Å². The molecule has 14 heavy (non-hydrogen) atoms. The second kappa shape index (κ2) is 5.56. The van der Waals surface area contributed by atoms with Crippen molar-refractivity contribution < 1.29 is 14.4 Å². The summed E-state index contributed by atoms with van der Waals surface area (Å²) in [7, 11) is 0. The van der Waals surface area contributed by atoms with Crippen LogP contribution in [0.2, 0.25) is 0 Å². The Balaban J connectivity index is 1.87. The molecule has 6 nitrogen and oxygen atoms in total. The number of rotatable bonds is 7. The highest BCUT2D eigenvalue weighted by Crippen LogP contribution is 2.18. The molecule has 0 aromatic rings. The Morgan fingerprint density at radius 1 is 1.43 bits per heavy atom. The normalized spacial score (nSPS) is 15.1. The van der Waals surface area contributed by atoms with Gasteiger partial charge in [-0.25, -0.2) is 5.48 Å². The quantitative estimate of drug-likeness (QED) is 0.351. The number of carbonyl (C=O) groups is 2. The first-order valence-electron chi connectivity index (χ1n) is 4.61. The van der Waals surface area contributed by atoms with E-state index in [0.717, 1.165) is 12.8 Å². The number of nitrogens with one attached hydrogen (secondary N) is 2. The maximum Gasteiger partial charge on any atom is 0.245 e. The van der Waals surface area contributed by atoms with Gasteiger partial charge in [-0.2, -0.15) is 0 Å². The van der Waals surface area contributed by atoms with Gasteiger partial charge in [0.15, 0.2) is 0 Å². The number of hydrogen-bond acceptors (Lipinski definition) is 4. The molecule has 0 bridgehead atoms. The molecule has 0 atom stereocenters. The van der Waals surface area contributed by atoms with Crippen molar-refractivity contribution in [3.63, 3.8) is 0 Å². The van der Waals surface area contributed by atoms with Crippen LogP contribution in [0.25, 0.3) is 0 Å². The van der Waals surface area contributed by atoms with E-state index in [1.54, 1.807) is 0 Å². The molecule has 0 radical (unpaired) electrons. The summed E-state index contributed by atoms with van der Waals surface area (Å²) in [5.74, 6) is -0.539. The average Bonchev–Trinajstić information content (AvgIpc) is 2.87. The lowest BCUT2D eigenvalue weighted by molar-refractivity contribution is -0.125. The van der Waals surface area contributed by atoms with Gasteiger partial charge in [0.1, 0.15) is 6.61 Å². The summed E-state index contributed by atoms with van der Waals surface area (Å²) in [5, 5.41) is 2.83. The Bertz CT molecular complexity index is 216. The molecule has 0 unspecified atom stereocenters. The van der Waals surface area contributed by atoms with Crippen LogP contribution in [0.15, 0.2) is 0 Å².